The van der Waals surface area contributed by atoms with E-state index in [4.69, 9.17) is 16.3 Å². The van der Waals surface area contributed by atoms with Gasteiger partial charge in [0.2, 0.25) is 5.91 Å². The van der Waals surface area contributed by atoms with E-state index in [0.717, 1.165) is 19.3 Å². The number of alkyl halides is 1. The summed E-state index contributed by atoms with van der Waals surface area (Å²) in [5, 5.41) is 0.444. The molecule has 2 aliphatic heterocycles. The molecule has 5 nitrogen and oxygen atoms in total. The van der Waals surface area contributed by atoms with Gasteiger partial charge in [0, 0.05) is 24.5 Å². The number of hydrogen-bond donors (Lipinski definition) is 0. The highest BCUT2D eigenvalue weighted by Gasteiger charge is 2.42. The minimum absolute atomic E-state index is 0.0526. The summed E-state index contributed by atoms with van der Waals surface area (Å²) in [6, 6.07) is 3.93. The summed E-state index contributed by atoms with van der Waals surface area (Å²) < 4.78 is 19.3. The first kappa shape index (κ1) is 18.0. The van der Waals surface area contributed by atoms with Crippen LogP contribution in [0.4, 0.5) is 4.39 Å². The van der Waals surface area contributed by atoms with Gasteiger partial charge in [0.15, 0.2) is 0 Å². The Labute approximate surface area is 151 Å². The van der Waals surface area contributed by atoms with Crippen molar-refractivity contribution in [1.29, 1.82) is 0 Å². The number of halogens is 2. The molecule has 0 aliphatic carbocycles. The number of carbonyl (C=O) groups is 2. The first-order valence-corrected chi connectivity index (χ1v) is 8.96. The number of methoxy groups -OCH3 is 1. The topological polar surface area (TPSA) is 49.9 Å². The molecule has 25 heavy (non-hydrogen) atoms. The minimum atomic E-state index is -1.19. The van der Waals surface area contributed by atoms with Crippen molar-refractivity contribution in [1.82, 2.24) is 9.80 Å². The second-order valence-corrected chi connectivity index (χ2v) is 6.97. The number of hydrogen-bond acceptors (Lipinski definition) is 3. The number of benzene rings is 1. The standard InChI is InChI=1S/C18H22ClFN2O3/c1-25-16-9-12(19)5-6-14(16)17(23)22-11-13(20)10-15(22)18(24)21-7-3-2-4-8-21/h5-6,9,13,15H,2-4,7-8,10-11H2,1H3/t13-,15-/m0/s1. The molecule has 0 bridgehead atoms. The highest BCUT2D eigenvalue weighted by Crippen LogP contribution is 2.29. The summed E-state index contributed by atoms with van der Waals surface area (Å²) in [4.78, 5) is 28.9. The van der Waals surface area contributed by atoms with Crippen LogP contribution in [0.2, 0.25) is 5.02 Å². The lowest BCUT2D eigenvalue weighted by atomic mass is 10.1. The van der Waals surface area contributed by atoms with Gasteiger partial charge in [0.1, 0.15) is 18.0 Å². The molecule has 2 amide bonds. The zero-order valence-electron chi connectivity index (χ0n) is 14.2. The molecule has 0 N–H and O–H groups in total. The maximum Gasteiger partial charge on any atom is 0.258 e. The van der Waals surface area contributed by atoms with Gasteiger partial charge in [-0.1, -0.05) is 11.6 Å². The lowest BCUT2D eigenvalue weighted by Crippen LogP contribution is -2.49. The van der Waals surface area contributed by atoms with E-state index < -0.39 is 18.1 Å². The molecule has 2 saturated heterocycles. The largest absolute Gasteiger partial charge is 0.496 e. The first-order chi connectivity index (χ1) is 12.0. The Bertz CT molecular complexity index is 664. The van der Waals surface area contributed by atoms with Crippen molar-refractivity contribution in [2.24, 2.45) is 0 Å². The number of likely N-dealkylation sites (tertiary alicyclic amines) is 2. The molecule has 0 saturated carbocycles. The third kappa shape index (κ3) is 3.73. The van der Waals surface area contributed by atoms with Crippen LogP contribution in [0.1, 0.15) is 36.0 Å². The van der Waals surface area contributed by atoms with Gasteiger partial charge in [-0.15, -0.1) is 0 Å². The van der Waals surface area contributed by atoms with Gasteiger partial charge in [-0.2, -0.15) is 0 Å². The number of rotatable bonds is 3. The molecule has 136 valence electrons. The van der Waals surface area contributed by atoms with Crippen molar-refractivity contribution in [2.75, 3.05) is 26.7 Å². The van der Waals surface area contributed by atoms with Gasteiger partial charge >= 0.3 is 0 Å². The van der Waals surface area contributed by atoms with Crippen LogP contribution in [0.5, 0.6) is 5.75 Å². The van der Waals surface area contributed by atoms with E-state index in [1.165, 1.54) is 12.0 Å². The molecule has 2 atom stereocenters. The Morgan fingerprint density at radius 3 is 2.64 bits per heavy atom. The molecule has 2 fully saturated rings. The summed E-state index contributed by atoms with van der Waals surface area (Å²) in [5.74, 6) is -0.228. The summed E-state index contributed by atoms with van der Waals surface area (Å²) >= 11 is 5.94. The number of amides is 2. The Kier molecular flexibility index (Phi) is 5.47. The van der Waals surface area contributed by atoms with Gasteiger partial charge in [-0.3, -0.25) is 9.59 Å². The van der Waals surface area contributed by atoms with E-state index in [1.807, 2.05) is 0 Å². The molecule has 0 unspecified atom stereocenters. The van der Waals surface area contributed by atoms with Crippen LogP contribution >= 0.6 is 11.6 Å². The van der Waals surface area contributed by atoms with Gasteiger partial charge < -0.3 is 14.5 Å². The lowest BCUT2D eigenvalue weighted by molar-refractivity contribution is -0.136. The van der Waals surface area contributed by atoms with Crippen LogP contribution in [0.3, 0.4) is 0 Å². The van der Waals surface area contributed by atoms with Crippen LogP contribution in [0, 0.1) is 0 Å². The Hall–Kier alpha value is -1.82. The molecule has 2 aliphatic rings. The van der Waals surface area contributed by atoms with E-state index in [1.54, 1.807) is 23.1 Å². The second kappa shape index (κ2) is 7.60. The van der Waals surface area contributed by atoms with E-state index in [-0.39, 0.29) is 24.4 Å². The Balaban J connectivity index is 1.83. The fourth-order valence-corrected chi connectivity index (χ4v) is 3.73. The molecule has 0 aromatic heterocycles. The Morgan fingerprint density at radius 1 is 1.24 bits per heavy atom. The van der Waals surface area contributed by atoms with Crippen molar-refractivity contribution in [3.63, 3.8) is 0 Å². The number of nitrogens with zero attached hydrogens (tertiary/aromatic N) is 2. The van der Waals surface area contributed by atoms with Crippen LogP contribution in [0.25, 0.3) is 0 Å². The molecule has 7 heteroatoms. The fourth-order valence-electron chi connectivity index (χ4n) is 3.56. The number of piperidine rings is 1. The predicted octanol–water partition coefficient (Wildman–Crippen LogP) is 2.91. The summed E-state index contributed by atoms with van der Waals surface area (Å²) in [6.45, 7) is 1.28. The zero-order valence-corrected chi connectivity index (χ0v) is 15.0. The summed E-state index contributed by atoms with van der Waals surface area (Å²) in [5.41, 5.74) is 0.289. The smallest absolute Gasteiger partial charge is 0.258 e. The van der Waals surface area contributed by atoms with Crippen molar-refractivity contribution < 1.29 is 18.7 Å². The maximum absolute atomic E-state index is 14.1. The highest BCUT2D eigenvalue weighted by atomic mass is 35.5. The average molecular weight is 369 g/mol. The van der Waals surface area contributed by atoms with Crippen molar-refractivity contribution in [3.05, 3.63) is 28.8 Å². The molecule has 2 heterocycles. The molecular formula is C18H22ClFN2O3. The predicted molar refractivity (Wildman–Crippen MR) is 92.8 cm³/mol. The van der Waals surface area contributed by atoms with Gasteiger partial charge in [0.05, 0.1) is 19.2 Å². The third-order valence-corrected chi connectivity index (χ3v) is 5.09. The van der Waals surface area contributed by atoms with E-state index >= 15 is 0 Å². The fraction of sp³-hybridized carbons (Fsp3) is 0.556. The second-order valence-electron chi connectivity index (χ2n) is 6.54. The average Bonchev–Trinajstić information content (AvgIpc) is 3.02. The highest BCUT2D eigenvalue weighted by molar-refractivity contribution is 6.30. The van der Waals surface area contributed by atoms with Crippen molar-refractivity contribution in [2.45, 2.75) is 37.9 Å². The molecular weight excluding hydrogens is 347 g/mol. The van der Waals surface area contributed by atoms with E-state index in [2.05, 4.69) is 0 Å². The first-order valence-electron chi connectivity index (χ1n) is 8.58. The summed E-state index contributed by atoms with van der Waals surface area (Å²) in [7, 11) is 1.45. The maximum atomic E-state index is 14.1. The van der Waals surface area contributed by atoms with Gasteiger partial charge in [0.25, 0.3) is 5.91 Å². The quantitative estimate of drug-likeness (QED) is 0.824. The number of carbonyl (C=O) groups excluding carboxylic acids is 2. The van der Waals surface area contributed by atoms with Crippen LogP contribution in [-0.4, -0.2) is 60.6 Å². The SMILES string of the molecule is COc1cc(Cl)ccc1C(=O)N1C[C@@H](F)C[C@H]1C(=O)N1CCCCC1. The number of ether oxygens (including phenoxy) is 1. The molecule has 0 spiro atoms. The zero-order chi connectivity index (χ0) is 18.0. The monoisotopic (exact) mass is 368 g/mol. The van der Waals surface area contributed by atoms with Crippen LogP contribution in [-0.2, 0) is 4.79 Å². The van der Waals surface area contributed by atoms with Crippen molar-refractivity contribution in [3.8, 4) is 5.75 Å². The van der Waals surface area contributed by atoms with E-state index in [0.29, 0.717) is 23.9 Å². The van der Waals surface area contributed by atoms with Crippen molar-refractivity contribution >= 4 is 23.4 Å². The molecule has 0 radical (unpaired) electrons. The van der Waals surface area contributed by atoms with Gasteiger partial charge in [-0.25, -0.2) is 4.39 Å². The Morgan fingerprint density at radius 2 is 1.96 bits per heavy atom. The van der Waals surface area contributed by atoms with Crippen LogP contribution < -0.4 is 4.74 Å². The molecule has 3 rings (SSSR count). The minimum Gasteiger partial charge on any atom is -0.496 e. The third-order valence-electron chi connectivity index (χ3n) is 4.86. The molecule has 1 aromatic carbocycles. The molecule has 1 aromatic rings. The van der Waals surface area contributed by atoms with E-state index in [9.17, 15) is 14.0 Å². The van der Waals surface area contributed by atoms with Crippen LogP contribution in [0.15, 0.2) is 18.2 Å². The lowest BCUT2D eigenvalue weighted by Gasteiger charge is -2.32. The normalized spacial score (nSPS) is 23.6. The summed E-state index contributed by atoms with van der Waals surface area (Å²) in [6.07, 6.45) is 1.87. The van der Waals surface area contributed by atoms with Gasteiger partial charge in [-0.05, 0) is 37.5 Å².